The van der Waals surface area contributed by atoms with Crippen LogP contribution in [-0.4, -0.2) is 66.7 Å². The van der Waals surface area contributed by atoms with Crippen LogP contribution in [0.25, 0.3) is 6.08 Å². The SMILES string of the molecule is CN(C)C=Cc1cc(N2CCN(C(=O)OC(C)(C)C)CC2)ccc1[N+](=O)[O-]. The summed E-state index contributed by atoms with van der Waals surface area (Å²) in [6.45, 7) is 7.94. The summed E-state index contributed by atoms with van der Waals surface area (Å²) in [5.41, 5.74) is 1.02. The number of amides is 1. The number of ether oxygens (including phenoxy) is 1. The molecule has 27 heavy (non-hydrogen) atoms. The molecule has 0 aromatic heterocycles. The lowest BCUT2D eigenvalue weighted by Gasteiger charge is -2.36. The Morgan fingerprint density at radius 2 is 1.85 bits per heavy atom. The smallest absolute Gasteiger partial charge is 0.410 e. The van der Waals surface area contributed by atoms with E-state index < -0.39 is 5.60 Å². The van der Waals surface area contributed by atoms with Crippen molar-refractivity contribution in [1.82, 2.24) is 9.80 Å². The van der Waals surface area contributed by atoms with Gasteiger partial charge in [0.05, 0.1) is 10.5 Å². The van der Waals surface area contributed by atoms with Crippen molar-refractivity contribution in [2.24, 2.45) is 0 Å². The summed E-state index contributed by atoms with van der Waals surface area (Å²) < 4.78 is 5.41. The van der Waals surface area contributed by atoms with Crippen LogP contribution in [-0.2, 0) is 4.74 Å². The number of hydrogen-bond donors (Lipinski definition) is 0. The molecular weight excluding hydrogens is 348 g/mol. The maximum absolute atomic E-state index is 12.2. The summed E-state index contributed by atoms with van der Waals surface area (Å²) in [5, 5.41) is 11.3. The quantitative estimate of drug-likeness (QED) is 0.593. The molecule has 1 heterocycles. The monoisotopic (exact) mass is 376 g/mol. The van der Waals surface area contributed by atoms with E-state index in [9.17, 15) is 14.9 Å². The van der Waals surface area contributed by atoms with Crippen molar-refractivity contribution >= 4 is 23.5 Å². The zero-order chi connectivity index (χ0) is 20.2. The normalized spacial score (nSPS) is 15.1. The zero-order valence-electron chi connectivity index (χ0n) is 16.6. The molecular formula is C19H28N4O4. The van der Waals surface area contributed by atoms with Gasteiger partial charge in [-0.3, -0.25) is 10.1 Å². The van der Waals surface area contributed by atoms with E-state index in [1.54, 1.807) is 23.2 Å². The van der Waals surface area contributed by atoms with E-state index in [4.69, 9.17) is 4.74 Å². The van der Waals surface area contributed by atoms with Crippen LogP contribution in [0.1, 0.15) is 26.3 Å². The molecule has 1 aliphatic rings. The fourth-order valence-electron chi connectivity index (χ4n) is 2.74. The fourth-order valence-corrected chi connectivity index (χ4v) is 2.74. The molecule has 0 unspecified atom stereocenters. The number of anilines is 1. The van der Waals surface area contributed by atoms with Gasteiger partial charge in [-0.05, 0) is 45.2 Å². The highest BCUT2D eigenvalue weighted by atomic mass is 16.6. The molecule has 148 valence electrons. The Bertz CT molecular complexity index is 717. The zero-order valence-corrected chi connectivity index (χ0v) is 16.6. The fraction of sp³-hybridized carbons (Fsp3) is 0.526. The van der Waals surface area contributed by atoms with Crippen LogP contribution in [0.2, 0.25) is 0 Å². The van der Waals surface area contributed by atoms with Crippen LogP contribution in [0.5, 0.6) is 0 Å². The van der Waals surface area contributed by atoms with Crippen molar-refractivity contribution in [3.05, 3.63) is 40.1 Å². The first-order chi connectivity index (χ1) is 12.6. The molecule has 0 atom stereocenters. The van der Waals surface area contributed by atoms with Gasteiger partial charge in [0.2, 0.25) is 0 Å². The van der Waals surface area contributed by atoms with E-state index in [1.165, 1.54) is 6.07 Å². The molecule has 0 N–H and O–H groups in total. The third kappa shape index (κ3) is 5.87. The van der Waals surface area contributed by atoms with Crippen molar-refractivity contribution in [2.75, 3.05) is 45.2 Å². The van der Waals surface area contributed by atoms with Gasteiger partial charge in [0.1, 0.15) is 5.60 Å². The molecule has 1 fully saturated rings. The van der Waals surface area contributed by atoms with Crippen LogP contribution in [0.15, 0.2) is 24.4 Å². The van der Waals surface area contributed by atoms with Gasteiger partial charge in [0.25, 0.3) is 5.69 Å². The molecule has 8 nitrogen and oxygen atoms in total. The Morgan fingerprint density at radius 3 is 2.37 bits per heavy atom. The molecule has 1 amide bonds. The number of carbonyl (C=O) groups excluding carboxylic acids is 1. The maximum atomic E-state index is 12.2. The second-order valence-electron chi connectivity index (χ2n) is 7.73. The van der Waals surface area contributed by atoms with Gasteiger partial charge in [-0.2, -0.15) is 0 Å². The Hall–Kier alpha value is -2.77. The average Bonchev–Trinajstić information content (AvgIpc) is 2.58. The highest BCUT2D eigenvalue weighted by Crippen LogP contribution is 2.27. The first kappa shape index (κ1) is 20.5. The Morgan fingerprint density at radius 1 is 1.22 bits per heavy atom. The number of nitro groups is 1. The second kappa shape index (κ2) is 8.28. The predicted molar refractivity (Wildman–Crippen MR) is 106 cm³/mol. The van der Waals surface area contributed by atoms with Crippen LogP contribution in [0, 0.1) is 10.1 Å². The Kier molecular flexibility index (Phi) is 6.30. The predicted octanol–water partition coefficient (Wildman–Crippen LogP) is 3.18. The number of nitrogens with zero attached hydrogens (tertiary/aromatic N) is 4. The summed E-state index contributed by atoms with van der Waals surface area (Å²) >= 11 is 0. The van der Waals surface area contributed by atoms with Crippen molar-refractivity contribution < 1.29 is 14.5 Å². The number of hydrogen-bond acceptors (Lipinski definition) is 6. The van der Waals surface area contributed by atoms with Gasteiger partial charge < -0.3 is 19.4 Å². The Labute approximate surface area is 160 Å². The molecule has 0 bridgehead atoms. The van der Waals surface area contributed by atoms with Gasteiger partial charge in [-0.1, -0.05) is 0 Å². The largest absolute Gasteiger partial charge is 0.444 e. The van der Waals surface area contributed by atoms with E-state index >= 15 is 0 Å². The molecule has 8 heteroatoms. The highest BCUT2D eigenvalue weighted by Gasteiger charge is 2.26. The van der Waals surface area contributed by atoms with Gasteiger partial charge in [-0.25, -0.2) is 4.79 Å². The summed E-state index contributed by atoms with van der Waals surface area (Å²) in [4.78, 5) is 28.7. The summed E-state index contributed by atoms with van der Waals surface area (Å²) in [7, 11) is 3.73. The molecule has 1 aromatic carbocycles. The minimum atomic E-state index is -0.514. The first-order valence-corrected chi connectivity index (χ1v) is 8.93. The number of nitro benzene ring substituents is 1. The molecule has 1 saturated heterocycles. The topological polar surface area (TPSA) is 79.2 Å². The van der Waals surface area contributed by atoms with Gasteiger partial charge in [-0.15, -0.1) is 0 Å². The van der Waals surface area contributed by atoms with Gasteiger partial charge in [0, 0.05) is 52.0 Å². The van der Waals surface area contributed by atoms with E-state index in [-0.39, 0.29) is 16.7 Å². The standard InChI is InChI=1S/C19H28N4O4/c1-19(2,3)27-18(24)22-12-10-21(11-13-22)16-6-7-17(23(25)26)15(14-16)8-9-20(4)5/h6-9,14H,10-13H2,1-5H3. The number of piperazine rings is 1. The molecule has 0 saturated carbocycles. The molecule has 0 spiro atoms. The van der Waals surface area contributed by atoms with Gasteiger partial charge in [0.15, 0.2) is 0 Å². The van der Waals surface area contributed by atoms with Crippen LogP contribution in [0.4, 0.5) is 16.2 Å². The molecule has 0 radical (unpaired) electrons. The maximum Gasteiger partial charge on any atom is 0.410 e. The second-order valence-corrected chi connectivity index (χ2v) is 7.73. The van der Waals surface area contributed by atoms with Crippen molar-refractivity contribution in [1.29, 1.82) is 0 Å². The molecule has 1 aromatic rings. The third-order valence-corrected chi connectivity index (χ3v) is 4.06. The van der Waals surface area contributed by atoms with E-state index in [2.05, 4.69) is 4.90 Å². The lowest BCUT2D eigenvalue weighted by Crippen LogP contribution is -2.50. The minimum Gasteiger partial charge on any atom is -0.444 e. The number of benzene rings is 1. The van der Waals surface area contributed by atoms with Crippen LogP contribution in [0.3, 0.4) is 0 Å². The average molecular weight is 376 g/mol. The summed E-state index contributed by atoms with van der Waals surface area (Å²) in [5.74, 6) is 0. The third-order valence-electron chi connectivity index (χ3n) is 4.06. The van der Waals surface area contributed by atoms with Crippen molar-refractivity contribution in [3.8, 4) is 0 Å². The van der Waals surface area contributed by atoms with E-state index in [0.717, 1.165) is 5.69 Å². The molecule has 0 aliphatic carbocycles. The minimum absolute atomic E-state index is 0.0734. The number of carbonyl (C=O) groups is 1. The summed E-state index contributed by atoms with van der Waals surface area (Å²) in [6, 6.07) is 5.11. The van der Waals surface area contributed by atoms with E-state index in [1.807, 2.05) is 45.8 Å². The molecule has 2 rings (SSSR count). The van der Waals surface area contributed by atoms with Crippen LogP contribution >= 0.6 is 0 Å². The first-order valence-electron chi connectivity index (χ1n) is 8.93. The number of rotatable bonds is 4. The Balaban J connectivity index is 2.10. The molecule has 1 aliphatic heterocycles. The van der Waals surface area contributed by atoms with Gasteiger partial charge >= 0.3 is 6.09 Å². The summed E-state index contributed by atoms with van der Waals surface area (Å²) in [6.07, 6.45) is 3.21. The van der Waals surface area contributed by atoms with Crippen molar-refractivity contribution in [3.63, 3.8) is 0 Å². The van der Waals surface area contributed by atoms with E-state index in [0.29, 0.717) is 31.7 Å². The van der Waals surface area contributed by atoms with Crippen LogP contribution < -0.4 is 4.90 Å². The lowest BCUT2D eigenvalue weighted by molar-refractivity contribution is -0.385. The highest BCUT2D eigenvalue weighted by molar-refractivity contribution is 5.70. The lowest BCUT2D eigenvalue weighted by atomic mass is 10.1. The van der Waals surface area contributed by atoms with Crippen molar-refractivity contribution in [2.45, 2.75) is 26.4 Å².